The first-order valence-electron chi connectivity index (χ1n) is 13.0. The van der Waals surface area contributed by atoms with Crippen molar-refractivity contribution in [1.82, 2.24) is 14.9 Å². The minimum atomic E-state index is -0.422. The van der Waals surface area contributed by atoms with Crippen LogP contribution in [-0.4, -0.2) is 53.0 Å². The van der Waals surface area contributed by atoms with Gasteiger partial charge in [0.2, 0.25) is 11.9 Å². The summed E-state index contributed by atoms with van der Waals surface area (Å²) in [6.45, 7) is 7.66. The molecule has 2 aliphatic rings. The van der Waals surface area contributed by atoms with Gasteiger partial charge >= 0.3 is 0 Å². The van der Waals surface area contributed by atoms with Crippen LogP contribution in [-0.2, 0) is 4.79 Å². The van der Waals surface area contributed by atoms with Crippen molar-refractivity contribution in [2.75, 3.05) is 36.4 Å². The number of carbonyl (C=O) groups excluding carboxylic acids is 1. The quantitative estimate of drug-likeness (QED) is 0.555. The van der Waals surface area contributed by atoms with Crippen LogP contribution in [0, 0.1) is 11.7 Å². The number of anilines is 2. The highest BCUT2D eigenvalue weighted by atomic mass is 19.1. The van der Waals surface area contributed by atoms with Gasteiger partial charge in [-0.2, -0.15) is 0 Å². The zero-order valence-corrected chi connectivity index (χ0v) is 20.6. The SMILES string of the molecule is CCCN(CC)c1cccc(-c2nc(NC3CCN(C(=O)C4CCCCC4)CC3)ncc2F)c1. The monoisotopic (exact) mass is 467 g/mol. The summed E-state index contributed by atoms with van der Waals surface area (Å²) in [5.74, 6) is 0.578. The number of hydrogen-bond acceptors (Lipinski definition) is 5. The molecule has 2 heterocycles. The topological polar surface area (TPSA) is 61.4 Å². The largest absolute Gasteiger partial charge is 0.372 e. The van der Waals surface area contributed by atoms with Crippen molar-refractivity contribution in [3.63, 3.8) is 0 Å². The smallest absolute Gasteiger partial charge is 0.225 e. The highest BCUT2D eigenvalue weighted by Gasteiger charge is 2.29. The van der Waals surface area contributed by atoms with Gasteiger partial charge in [-0.05, 0) is 51.2 Å². The number of likely N-dealkylation sites (tertiary alicyclic amines) is 1. The third-order valence-corrected chi connectivity index (χ3v) is 7.20. The Morgan fingerprint density at radius 2 is 1.91 bits per heavy atom. The first-order chi connectivity index (χ1) is 16.6. The molecule has 7 heteroatoms. The van der Waals surface area contributed by atoms with Gasteiger partial charge in [0, 0.05) is 49.4 Å². The first kappa shape index (κ1) is 24.4. The molecule has 1 N–H and O–H groups in total. The van der Waals surface area contributed by atoms with Gasteiger partial charge in [0.25, 0.3) is 0 Å². The molecule has 6 nitrogen and oxygen atoms in total. The van der Waals surface area contributed by atoms with Gasteiger partial charge in [0.1, 0.15) is 5.69 Å². The molecular formula is C27H38FN5O. The van der Waals surface area contributed by atoms with E-state index in [0.29, 0.717) is 17.5 Å². The Morgan fingerprint density at radius 3 is 2.62 bits per heavy atom. The van der Waals surface area contributed by atoms with E-state index in [9.17, 15) is 9.18 Å². The average Bonchev–Trinajstić information content (AvgIpc) is 2.89. The van der Waals surface area contributed by atoms with Crippen LogP contribution in [0.15, 0.2) is 30.5 Å². The summed E-state index contributed by atoms with van der Waals surface area (Å²) in [6, 6.07) is 8.09. The molecule has 0 spiro atoms. The number of halogens is 1. The Labute approximate surface area is 203 Å². The number of rotatable bonds is 8. The van der Waals surface area contributed by atoms with E-state index in [-0.39, 0.29) is 12.0 Å². The van der Waals surface area contributed by atoms with E-state index < -0.39 is 5.82 Å². The molecule has 4 rings (SSSR count). The van der Waals surface area contributed by atoms with Crippen molar-refractivity contribution < 1.29 is 9.18 Å². The molecule has 0 unspecified atom stereocenters. The summed E-state index contributed by atoms with van der Waals surface area (Å²) in [5, 5.41) is 3.39. The molecule has 1 aliphatic carbocycles. The van der Waals surface area contributed by atoms with E-state index in [1.807, 2.05) is 23.1 Å². The van der Waals surface area contributed by atoms with E-state index in [1.54, 1.807) is 0 Å². The average molecular weight is 468 g/mol. The van der Waals surface area contributed by atoms with Crippen LogP contribution in [0.2, 0.25) is 0 Å². The van der Waals surface area contributed by atoms with Gasteiger partial charge in [-0.25, -0.2) is 14.4 Å². The minimum absolute atomic E-state index is 0.181. The van der Waals surface area contributed by atoms with Crippen LogP contribution < -0.4 is 10.2 Å². The summed E-state index contributed by atoms with van der Waals surface area (Å²) in [7, 11) is 0. The van der Waals surface area contributed by atoms with Crippen LogP contribution in [0.25, 0.3) is 11.3 Å². The minimum Gasteiger partial charge on any atom is -0.372 e. The highest BCUT2D eigenvalue weighted by molar-refractivity contribution is 5.79. The number of piperidine rings is 1. The molecule has 1 aromatic heterocycles. The molecule has 1 saturated heterocycles. The second-order valence-corrected chi connectivity index (χ2v) is 9.60. The van der Waals surface area contributed by atoms with Crippen LogP contribution in [0.3, 0.4) is 0 Å². The molecule has 184 valence electrons. The van der Waals surface area contributed by atoms with Crippen LogP contribution >= 0.6 is 0 Å². The van der Waals surface area contributed by atoms with E-state index >= 15 is 0 Å². The second-order valence-electron chi connectivity index (χ2n) is 9.60. The summed E-state index contributed by atoms with van der Waals surface area (Å²) >= 11 is 0. The Morgan fingerprint density at radius 1 is 1.15 bits per heavy atom. The summed E-state index contributed by atoms with van der Waals surface area (Å²) in [5.41, 5.74) is 2.14. The highest BCUT2D eigenvalue weighted by Crippen LogP contribution is 2.28. The molecule has 1 amide bonds. The fourth-order valence-corrected chi connectivity index (χ4v) is 5.26. The predicted octanol–water partition coefficient (Wildman–Crippen LogP) is 5.50. The number of aromatic nitrogens is 2. The van der Waals surface area contributed by atoms with Crippen molar-refractivity contribution in [2.45, 2.75) is 71.3 Å². The molecular weight excluding hydrogens is 429 g/mol. The number of amides is 1. The van der Waals surface area contributed by atoms with Crippen molar-refractivity contribution in [3.05, 3.63) is 36.3 Å². The van der Waals surface area contributed by atoms with Crippen molar-refractivity contribution in [3.8, 4) is 11.3 Å². The number of nitrogens with zero attached hydrogens (tertiary/aromatic N) is 4. The zero-order valence-electron chi connectivity index (χ0n) is 20.6. The summed E-state index contributed by atoms with van der Waals surface area (Å²) in [6.07, 6.45) is 9.71. The normalized spacial score (nSPS) is 17.6. The number of carbonyl (C=O) groups is 1. The number of nitrogens with one attached hydrogen (secondary N) is 1. The Balaban J connectivity index is 1.40. The number of hydrogen-bond donors (Lipinski definition) is 1. The third kappa shape index (κ3) is 5.86. The molecule has 2 aromatic rings. The first-order valence-corrected chi connectivity index (χ1v) is 13.0. The van der Waals surface area contributed by atoms with Crippen molar-refractivity contribution in [2.24, 2.45) is 5.92 Å². The lowest BCUT2D eigenvalue weighted by Gasteiger charge is -2.35. The molecule has 0 radical (unpaired) electrons. The molecule has 34 heavy (non-hydrogen) atoms. The fraction of sp³-hybridized carbons (Fsp3) is 0.593. The van der Waals surface area contributed by atoms with Gasteiger partial charge in [0.05, 0.1) is 6.20 Å². The van der Waals surface area contributed by atoms with Gasteiger partial charge in [0.15, 0.2) is 5.82 Å². The maximum absolute atomic E-state index is 14.7. The molecule has 1 aromatic carbocycles. The third-order valence-electron chi connectivity index (χ3n) is 7.20. The standard InChI is InChI=1S/C27H38FN5O/c1-3-15-32(4-2)23-12-8-11-21(18-23)25-24(28)19-29-27(31-25)30-22-13-16-33(17-14-22)26(34)20-9-6-5-7-10-20/h8,11-12,18-20,22H,3-7,9-10,13-17H2,1-2H3,(H,29,30,31). The van der Waals surface area contributed by atoms with E-state index in [4.69, 9.17) is 0 Å². The van der Waals surface area contributed by atoms with Crippen molar-refractivity contribution in [1.29, 1.82) is 0 Å². The van der Waals surface area contributed by atoms with Crippen LogP contribution in [0.4, 0.5) is 16.0 Å². The summed E-state index contributed by atoms with van der Waals surface area (Å²) in [4.78, 5) is 25.9. The zero-order chi connectivity index (χ0) is 23.9. The maximum atomic E-state index is 14.7. The van der Waals surface area contributed by atoms with Gasteiger partial charge < -0.3 is 15.1 Å². The number of benzene rings is 1. The van der Waals surface area contributed by atoms with Crippen LogP contribution in [0.5, 0.6) is 0 Å². The predicted molar refractivity (Wildman–Crippen MR) is 135 cm³/mol. The Hall–Kier alpha value is -2.70. The Bertz CT molecular complexity index is 954. The van der Waals surface area contributed by atoms with Gasteiger partial charge in [-0.3, -0.25) is 4.79 Å². The lowest BCUT2D eigenvalue weighted by Crippen LogP contribution is -2.45. The maximum Gasteiger partial charge on any atom is 0.225 e. The fourth-order valence-electron chi connectivity index (χ4n) is 5.26. The lowest BCUT2D eigenvalue weighted by atomic mass is 9.87. The van der Waals surface area contributed by atoms with Gasteiger partial charge in [-0.15, -0.1) is 0 Å². The molecule has 1 saturated carbocycles. The molecule has 0 atom stereocenters. The van der Waals surface area contributed by atoms with Gasteiger partial charge in [-0.1, -0.05) is 38.3 Å². The van der Waals surface area contributed by atoms with Crippen molar-refractivity contribution >= 4 is 17.5 Å². The van der Waals surface area contributed by atoms with E-state index in [2.05, 4.69) is 40.1 Å². The molecule has 1 aliphatic heterocycles. The molecule has 0 bridgehead atoms. The van der Waals surface area contributed by atoms with E-state index in [1.165, 1.54) is 25.5 Å². The summed E-state index contributed by atoms with van der Waals surface area (Å²) < 4.78 is 14.7. The van der Waals surface area contributed by atoms with Crippen LogP contribution in [0.1, 0.15) is 65.2 Å². The lowest BCUT2D eigenvalue weighted by molar-refractivity contribution is -0.137. The molecule has 2 fully saturated rings. The van der Waals surface area contributed by atoms with E-state index in [0.717, 1.165) is 69.5 Å². The Kier molecular flexibility index (Phi) is 8.35. The second kappa shape index (κ2) is 11.6.